The zero-order valence-corrected chi connectivity index (χ0v) is 20.6. The maximum absolute atomic E-state index is 13.4. The molecule has 0 spiro atoms. The van der Waals surface area contributed by atoms with Crippen LogP contribution >= 0.6 is 22.7 Å². The first-order valence-electron chi connectivity index (χ1n) is 10.4. The molecule has 0 saturated heterocycles. The molecule has 7 nitrogen and oxygen atoms in total. The molecule has 178 valence electrons. The van der Waals surface area contributed by atoms with Gasteiger partial charge in [-0.3, -0.25) is 0 Å². The van der Waals surface area contributed by atoms with Gasteiger partial charge in [-0.25, -0.2) is 27.6 Å². The lowest BCUT2D eigenvalue weighted by Crippen LogP contribution is -2.24. The van der Waals surface area contributed by atoms with Crippen molar-refractivity contribution in [2.45, 2.75) is 28.2 Å². The van der Waals surface area contributed by atoms with Crippen molar-refractivity contribution in [3.8, 4) is 11.1 Å². The summed E-state index contributed by atoms with van der Waals surface area (Å²) >= 11 is 2.14. The van der Waals surface area contributed by atoms with Gasteiger partial charge in [0.25, 0.3) is 0 Å². The summed E-state index contributed by atoms with van der Waals surface area (Å²) in [5.74, 6) is -0.415. The molecule has 0 bridgehead atoms. The standard InChI is InChI=1S/C24H17FN2O5S3/c1-2-24(29,22-26-9-10-33-22)20-13-27-23(34-20)35(30,31)16-7-8-17-18(12-21(28)32-19(17)11-16)14-3-5-15(25)6-4-14/h3-13,29H,2H2,1H3. The van der Waals surface area contributed by atoms with Crippen LogP contribution in [0.2, 0.25) is 0 Å². The second-order valence-corrected chi connectivity index (χ2v) is 11.7. The first-order chi connectivity index (χ1) is 16.7. The fourth-order valence-corrected chi connectivity index (χ4v) is 7.31. The van der Waals surface area contributed by atoms with Gasteiger partial charge in [-0.05, 0) is 41.8 Å². The van der Waals surface area contributed by atoms with E-state index in [1.165, 1.54) is 66.1 Å². The number of aliphatic hydroxyl groups is 1. The molecule has 2 aromatic carbocycles. The molecule has 3 aromatic heterocycles. The Morgan fingerprint density at radius 1 is 1.11 bits per heavy atom. The van der Waals surface area contributed by atoms with Gasteiger partial charge in [0.15, 0.2) is 5.60 Å². The third-order valence-corrected chi connectivity index (χ3v) is 9.82. The van der Waals surface area contributed by atoms with E-state index in [0.29, 0.717) is 26.4 Å². The van der Waals surface area contributed by atoms with E-state index in [4.69, 9.17) is 4.42 Å². The second-order valence-electron chi connectivity index (χ2n) is 7.69. The SMILES string of the molecule is CCC(O)(c1cnc(S(=O)(=O)c2ccc3c(-c4ccc(F)cc4)cc(=O)oc3c2)s1)c1nccs1. The Morgan fingerprint density at radius 2 is 1.89 bits per heavy atom. The number of aromatic nitrogens is 2. The first kappa shape index (κ1) is 23.5. The summed E-state index contributed by atoms with van der Waals surface area (Å²) in [5, 5.41) is 13.9. The van der Waals surface area contributed by atoms with Crippen LogP contribution in [0, 0.1) is 5.82 Å². The van der Waals surface area contributed by atoms with Crippen molar-refractivity contribution in [2.75, 3.05) is 0 Å². The highest BCUT2D eigenvalue weighted by molar-refractivity contribution is 7.93. The number of fused-ring (bicyclic) bond motifs is 1. The van der Waals surface area contributed by atoms with Crippen LogP contribution in [0.5, 0.6) is 0 Å². The summed E-state index contributed by atoms with van der Waals surface area (Å²) in [6, 6.07) is 11.1. The van der Waals surface area contributed by atoms with Gasteiger partial charge in [0, 0.05) is 35.3 Å². The van der Waals surface area contributed by atoms with Crippen molar-refractivity contribution in [2.24, 2.45) is 0 Å². The summed E-state index contributed by atoms with van der Waals surface area (Å²) in [6.45, 7) is 1.78. The maximum atomic E-state index is 13.4. The molecular formula is C24H17FN2O5S3. The van der Waals surface area contributed by atoms with Gasteiger partial charge in [-0.2, -0.15) is 0 Å². The Hall–Kier alpha value is -3.25. The minimum Gasteiger partial charge on any atom is -0.423 e. The van der Waals surface area contributed by atoms with Gasteiger partial charge in [-0.1, -0.05) is 19.1 Å². The third-order valence-electron chi connectivity index (χ3n) is 5.60. The van der Waals surface area contributed by atoms with Crippen molar-refractivity contribution in [3.63, 3.8) is 0 Å². The van der Waals surface area contributed by atoms with Crippen LogP contribution in [0.15, 0.2) is 84.8 Å². The van der Waals surface area contributed by atoms with E-state index in [0.717, 1.165) is 11.3 Å². The highest BCUT2D eigenvalue weighted by Gasteiger charge is 2.36. The molecule has 0 aliphatic rings. The molecule has 5 rings (SSSR count). The highest BCUT2D eigenvalue weighted by Crippen LogP contribution is 2.39. The minimum atomic E-state index is -4.08. The minimum absolute atomic E-state index is 0.0718. The largest absolute Gasteiger partial charge is 0.423 e. The Morgan fingerprint density at radius 3 is 2.57 bits per heavy atom. The molecule has 0 saturated carbocycles. The molecule has 0 amide bonds. The van der Waals surface area contributed by atoms with Gasteiger partial charge in [-0.15, -0.1) is 22.7 Å². The molecule has 0 fully saturated rings. The monoisotopic (exact) mass is 528 g/mol. The van der Waals surface area contributed by atoms with Crippen molar-refractivity contribution < 1.29 is 22.3 Å². The zero-order valence-electron chi connectivity index (χ0n) is 18.1. The van der Waals surface area contributed by atoms with Gasteiger partial charge in [0.05, 0.1) is 9.77 Å². The van der Waals surface area contributed by atoms with E-state index >= 15 is 0 Å². The number of nitrogens with zero attached hydrogens (tertiary/aromatic N) is 2. The summed E-state index contributed by atoms with van der Waals surface area (Å²) in [4.78, 5) is 20.7. The number of thiazole rings is 2. The summed E-state index contributed by atoms with van der Waals surface area (Å²) < 4.78 is 45.2. The quantitative estimate of drug-likeness (QED) is 0.309. The van der Waals surface area contributed by atoms with Crippen LogP contribution in [0.1, 0.15) is 23.2 Å². The number of benzene rings is 2. The topological polar surface area (TPSA) is 110 Å². The molecular weight excluding hydrogens is 511 g/mol. The number of sulfone groups is 1. The molecule has 0 radical (unpaired) electrons. The van der Waals surface area contributed by atoms with Crippen LogP contribution in [-0.4, -0.2) is 23.5 Å². The molecule has 5 aromatic rings. The van der Waals surface area contributed by atoms with Crippen molar-refractivity contribution in [1.29, 1.82) is 0 Å². The van der Waals surface area contributed by atoms with E-state index in [9.17, 15) is 22.7 Å². The van der Waals surface area contributed by atoms with Crippen molar-refractivity contribution >= 4 is 43.5 Å². The predicted octanol–water partition coefficient (Wildman–Crippen LogP) is 4.99. The Kier molecular flexibility index (Phi) is 5.88. The Balaban J connectivity index is 1.58. The van der Waals surface area contributed by atoms with E-state index in [1.54, 1.807) is 18.5 Å². The molecule has 35 heavy (non-hydrogen) atoms. The van der Waals surface area contributed by atoms with Gasteiger partial charge in [0.1, 0.15) is 16.4 Å². The van der Waals surface area contributed by atoms with E-state index < -0.39 is 26.9 Å². The first-order valence-corrected chi connectivity index (χ1v) is 13.6. The van der Waals surface area contributed by atoms with Crippen molar-refractivity contribution in [3.05, 3.63) is 92.4 Å². The molecule has 0 aliphatic heterocycles. The van der Waals surface area contributed by atoms with Crippen molar-refractivity contribution in [1.82, 2.24) is 9.97 Å². The Bertz CT molecular complexity index is 1690. The van der Waals surface area contributed by atoms with Gasteiger partial charge >= 0.3 is 5.63 Å². The number of rotatable bonds is 6. The lowest BCUT2D eigenvalue weighted by molar-refractivity contribution is 0.0798. The molecule has 11 heteroatoms. The van der Waals surface area contributed by atoms with Crippen LogP contribution in [0.25, 0.3) is 22.1 Å². The third kappa shape index (κ3) is 4.10. The average Bonchev–Trinajstić information content (AvgIpc) is 3.57. The highest BCUT2D eigenvalue weighted by atomic mass is 32.2. The fraction of sp³-hybridized carbons (Fsp3) is 0.125. The molecule has 1 unspecified atom stereocenters. The second kappa shape index (κ2) is 8.76. The van der Waals surface area contributed by atoms with E-state index in [2.05, 4.69) is 9.97 Å². The Labute approximate surface area is 207 Å². The van der Waals surface area contributed by atoms with Crippen LogP contribution in [0.3, 0.4) is 0 Å². The fourth-order valence-electron chi connectivity index (χ4n) is 3.71. The van der Waals surface area contributed by atoms with Crippen LogP contribution < -0.4 is 5.63 Å². The smallest absolute Gasteiger partial charge is 0.336 e. The summed E-state index contributed by atoms with van der Waals surface area (Å²) in [6.07, 6.45) is 3.20. The molecule has 1 atom stereocenters. The number of hydrogen-bond donors (Lipinski definition) is 1. The lowest BCUT2D eigenvalue weighted by atomic mass is 10.0. The molecule has 0 aliphatic carbocycles. The van der Waals surface area contributed by atoms with Gasteiger partial charge in [0.2, 0.25) is 14.2 Å². The number of halogens is 1. The zero-order chi connectivity index (χ0) is 24.8. The van der Waals surface area contributed by atoms with Crippen LogP contribution in [0.4, 0.5) is 4.39 Å². The normalized spacial score (nSPS) is 13.7. The molecule has 3 heterocycles. The van der Waals surface area contributed by atoms with Gasteiger partial charge < -0.3 is 9.52 Å². The molecule has 1 N–H and O–H groups in total. The summed E-state index contributed by atoms with van der Waals surface area (Å²) in [7, 11) is -4.08. The maximum Gasteiger partial charge on any atom is 0.336 e. The van der Waals surface area contributed by atoms with Crippen LogP contribution in [-0.2, 0) is 15.4 Å². The van der Waals surface area contributed by atoms with E-state index in [1.807, 2.05) is 0 Å². The average molecular weight is 529 g/mol. The lowest BCUT2D eigenvalue weighted by Gasteiger charge is -2.22. The predicted molar refractivity (Wildman–Crippen MR) is 131 cm³/mol. The number of hydrogen-bond acceptors (Lipinski definition) is 9. The summed E-state index contributed by atoms with van der Waals surface area (Å²) in [5.41, 5.74) is -0.958. The van der Waals surface area contributed by atoms with E-state index in [-0.39, 0.29) is 21.2 Å².